The van der Waals surface area contributed by atoms with Crippen LogP contribution in [0.5, 0.6) is 0 Å². The van der Waals surface area contributed by atoms with E-state index in [1.165, 1.54) is 0 Å². The van der Waals surface area contributed by atoms with Crippen LogP contribution in [0.3, 0.4) is 0 Å². The van der Waals surface area contributed by atoms with Gasteiger partial charge in [0.2, 0.25) is 0 Å². The predicted molar refractivity (Wildman–Crippen MR) is 66.7 cm³/mol. The van der Waals surface area contributed by atoms with Crippen molar-refractivity contribution in [3.63, 3.8) is 0 Å². The van der Waals surface area contributed by atoms with Crippen LogP contribution in [0, 0.1) is 6.92 Å². The predicted octanol–water partition coefficient (Wildman–Crippen LogP) is 3.98. The fourth-order valence-electron chi connectivity index (χ4n) is 1.96. The number of nitrogens with one attached hydrogen (secondary N) is 1. The van der Waals surface area contributed by atoms with E-state index in [-0.39, 0.29) is 12.1 Å². The van der Waals surface area contributed by atoms with E-state index in [0.717, 1.165) is 23.7 Å². The van der Waals surface area contributed by atoms with Crippen LogP contribution >= 0.6 is 0 Å². The van der Waals surface area contributed by atoms with Gasteiger partial charge in [-0.1, -0.05) is 6.92 Å². The third-order valence-electron chi connectivity index (χ3n) is 2.93. The van der Waals surface area contributed by atoms with E-state index in [2.05, 4.69) is 19.2 Å². The number of hydrogen-bond donors (Lipinski definition) is 1. The van der Waals surface area contributed by atoms with Crippen LogP contribution in [-0.4, -0.2) is 0 Å². The molecule has 0 saturated carbocycles. The van der Waals surface area contributed by atoms with E-state index < -0.39 is 0 Å². The smallest absolute Gasteiger partial charge is 0.120 e. The van der Waals surface area contributed by atoms with E-state index in [1.54, 1.807) is 6.26 Å². The molecule has 0 spiro atoms. The van der Waals surface area contributed by atoms with Crippen molar-refractivity contribution in [1.29, 1.82) is 0 Å². The summed E-state index contributed by atoms with van der Waals surface area (Å²) in [5.41, 5.74) is 0. The third-order valence-corrected chi connectivity index (χ3v) is 2.93. The van der Waals surface area contributed by atoms with Gasteiger partial charge in [0.15, 0.2) is 0 Å². The van der Waals surface area contributed by atoms with Gasteiger partial charge in [-0.2, -0.15) is 0 Å². The average molecular weight is 233 g/mol. The van der Waals surface area contributed by atoms with Gasteiger partial charge in [0.25, 0.3) is 0 Å². The van der Waals surface area contributed by atoms with E-state index in [0.29, 0.717) is 0 Å². The second kappa shape index (κ2) is 5.23. The summed E-state index contributed by atoms with van der Waals surface area (Å²) in [6, 6.07) is 8.33. The maximum Gasteiger partial charge on any atom is 0.120 e. The highest BCUT2D eigenvalue weighted by Crippen LogP contribution is 2.23. The Morgan fingerprint density at radius 2 is 2.06 bits per heavy atom. The molecular formula is C14H19NO2. The Morgan fingerprint density at radius 3 is 2.59 bits per heavy atom. The van der Waals surface area contributed by atoms with E-state index in [9.17, 15) is 0 Å². The molecule has 92 valence electrons. The molecule has 17 heavy (non-hydrogen) atoms. The molecular weight excluding hydrogens is 214 g/mol. The molecule has 2 heterocycles. The molecule has 0 amide bonds. The van der Waals surface area contributed by atoms with Crippen LogP contribution in [0.1, 0.15) is 49.6 Å². The van der Waals surface area contributed by atoms with Gasteiger partial charge in [0.1, 0.15) is 17.3 Å². The van der Waals surface area contributed by atoms with Crippen molar-refractivity contribution in [3.8, 4) is 0 Å². The second-order valence-electron chi connectivity index (χ2n) is 4.31. The molecule has 0 aliphatic carbocycles. The first-order valence-electron chi connectivity index (χ1n) is 6.06. The highest BCUT2D eigenvalue weighted by Gasteiger charge is 2.17. The Hall–Kier alpha value is -1.48. The zero-order valence-corrected chi connectivity index (χ0v) is 10.6. The van der Waals surface area contributed by atoms with Gasteiger partial charge in [-0.05, 0) is 44.5 Å². The Bertz CT molecular complexity index is 444. The molecule has 0 aromatic carbocycles. The standard InChI is InChI=1S/C14H19NO2/c1-4-12(14-6-5-9-16-14)15-11(3)13-8-7-10(2)17-13/h5-9,11-12,15H,4H2,1-3H3. The first-order chi connectivity index (χ1) is 8.20. The minimum atomic E-state index is 0.179. The molecule has 2 aromatic rings. The summed E-state index contributed by atoms with van der Waals surface area (Å²) in [5.74, 6) is 2.88. The molecule has 2 rings (SSSR count). The van der Waals surface area contributed by atoms with Gasteiger partial charge >= 0.3 is 0 Å². The van der Waals surface area contributed by atoms with Crippen molar-refractivity contribution < 1.29 is 8.83 Å². The van der Waals surface area contributed by atoms with E-state index in [1.807, 2.05) is 31.2 Å². The molecule has 1 N–H and O–H groups in total. The van der Waals surface area contributed by atoms with Crippen LogP contribution in [0.4, 0.5) is 0 Å². The first-order valence-corrected chi connectivity index (χ1v) is 6.06. The maximum absolute atomic E-state index is 5.61. The van der Waals surface area contributed by atoms with Crippen molar-refractivity contribution in [2.24, 2.45) is 0 Å². The van der Waals surface area contributed by atoms with Crippen molar-refractivity contribution >= 4 is 0 Å². The highest BCUT2D eigenvalue weighted by molar-refractivity contribution is 5.11. The molecule has 3 nitrogen and oxygen atoms in total. The van der Waals surface area contributed by atoms with Crippen LogP contribution in [0.25, 0.3) is 0 Å². The van der Waals surface area contributed by atoms with Gasteiger partial charge in [0, 0.05) is 0 Å². The van der Waals surface area contributed by atoms with Crippen LogP contribution in [-0.2, 0) is 0 Å². The summed E-state index contributed by atoms with van der Waals surface area (Å²) in [6.07, 6.45) is 2.69. The molecule has 2 unspecified atom stereocenters. The van der Waals surface area contributed by atoms with Crippen molar-refractivity contribution in [2.45, 2.75) is 39.3 Å². The number of rotatable bonds is 5. The highest BCUT2D eigenvalue weighted by atomic mass is 16.3. The number of aryl methyl sites for hydroxylation is 1. The van der Waals surface area contributed by atoms with Gasteiger partial charge in [-0.25, -0.2) is 0 Å². The second-order valence-corrected chi connectivity index (χ2v) is 4.31. The summed E-state index contributed by atoms with van der Waals surface area (Å²) in [6.45, 7) is 6.20. The fraction of sp³-hybridized carbons (Fsp3) is 0.429. The summed E-state index contributed by atoms with van der Waals surface area (Å²) >= 11 is 0. The monoisotopic (exact) mass is 233 g/mol. The molecule has 0 saturated heterocycles. The van der Waals surface area contributed by atoms with Crippen molar-refractivity contribution in [1.82, 2.24) is 5.32 Å². The van der Waals surface area contributed by atoms with E-state index >= 15 is 0 Å². The van der Waals surface area contributed by atoms with Crippen LogP contribution in [0.2, 0.25) is 0 Å². The molecule has 0 fully saturated rings. The Labute approximate surface area is 102 Å². The minimum absolute atomic E-state index is 0.179. The Morgan fingerprint density at radius 1 is 1.24 bits per heavy atom. The van der Waals surface area contributed by atoms with Crippen molar-refractivity contribution in [2.75, 3.05) is 0 Å². The fourth-order valence-corrected chi connectivity index (χ4v) is 1.96. The quantitative estimate of drug-likeness (QED) is 0.848. The zero-order chi connectivity index (χ0) is 12.3. The lowest BCUT2D eigenvalue weighted by Crippen LogP contribution is -2.23. The number of hydrogen-bond acceptors (Lipinski definition) is 3. The van der Waals surface area contributed by atoms with Gasteiger partial charge in [0.05, 0.1) is 18.3 Å². The Balaban J connectivity index is 2.04. The summed E-state index contributed by atoms with van der Waals surface area (Å²) in [7, 11) is 0. The molecule has 0 bridgehead atoms. The third kappa shape index (κ3) is 2.80. The zero-order valence-electron chi connectivity index (χ0n) is 10.6. The van der Waals surface area contributed by atoms with Gasteiger partial charge in [-0.15, -0.1) is 0 Å². The van der Waals surface area contributed by atoms with Crippen molar-refractivity contribution in [3.05, 3.63) is 47.8 Å². The number of furan rings is 2. The first kappa shape index (κ1) is 12.0. The topological polar surface area (TPSA) is 38.3 Å². The lowest BCUT2D eigenvalue weighted by Gasteiger charge is -2.19. The van der Waals surface area contributed by atoms with Gasteiger partial charge in [-0.3, -0.25) is 5.32 Å². The molecule has 3 heteroatoms. The minimum Gasteiger partial charge on any atom is -0.468 e. The largest absolute Gasteiger partial charge is 0.468 e. The normalized spacial score (nSPS) is 14.8. The molecule has 2 aromatic heterocycles. The molecule has 2 atom stereocenters. The molecule has 0 aliphatic rings. The maximum atomic E-state index is 5.61. The lowest BCUT2D eigenvalue weighted by molar-refractivity contribution is 0.343. The average Bonchev–Trinajstić information content (AvgIpc) is 2.96. The van der Waals surface area contributed by atoms with Gasteiger partial charge < -0.3 is 8.83 Å². The van der Waals surface area contributed by atoms with E-state index in [4.69, 9.17) is 8.83 Å². The summed E-state index contributed by atoms with van der Waals surface area (Å²) < 4.78 is 11.1. The SMILES string of the molecule is CCC(NC(C)c1ccc(C)o1)c1ccco1. The van der Waals surface area contributed by atoms with Crippen LogP contribution < -0.4 is 5.32 Å². The molecule has 0 radical (unpaired) electrons. The lowest BCUT2D eigenvalue weighted by atomic mass is 10.1. The summed E-state index contributed by atoms with van der Waals surface area (Å²) in [4.78, 5) is 0. The van der Waals surface area contributed by atoms with Crippen LogP contribution in [0.15, 0.2) is 39.4 Å². The Kier molecular flexibility index (Phi) is 3.69. The molecule has 0 aliphatic heterocycles. The summed E-state index contributed by atoms with van der Waals surface area (Å²) in [5, 5.41) is 3.51.